The van der Waals surface area contributed by atoms with Crippen LogP contribution in [0.5, 0.6) is 0 Å². The van der Waals surface area contributed by atoms with Crippen LogP contribution in [-0.4, -0.2) is 20.9 Å². The van der Waals surface area contributed by atoms with Gasteiger partial charge in [0.15, 0.2) is 11.4 Å². The number of benzene rings is 2. The van der Waals surface area contributed by atoms with Crippen LogP contribution in [0, 0.1) is 11.6 Å². The van der Waals surface area contributed by atoms with E-state index < -0.39 is 35.1 Å². The van der Waals surface area contributed by atoms with E-state index in [0.717, 1.165) is 30.3 Å². The third kappa shape index (κ3) is 3.97. The number of aromatic nitrogens is 3. The Morgan fingerprint density at radius 2 is 1.74 bits per heavy atom. The molecule has 2 aromatic carbocycles. The number of carbonyl (C=O) groups excluding carboxylic acids is 1. The van der Waals surface area contributed by atoms with Gasteiger partial charge in [-0.2, -0.15) is 13.2 Å². The molecule has 1 amide bonds. The number of rotatable bonds is 3. The Kier molecular flexibility index (Phi) is 4.96. The minimum atomic E-state index is -5.00. The van der Waals surface area contributed by atoms with Crippen molar-refractivity contribution in [2.75, 3.05) is 5.32 Å². The SMILES string of the molecule is O=C(Nc1ccc(Br)cc1F)c1nnn(-c2ccc(F)cc2)c1C(F)(F)F. The van der Waals surface area contributed by atoms with Gasteiger partial charge in [0.1, 0.15) is 11.6 Å². The van der Waals surface area contributed by atoms with Gasteiger partial charge in [-0.15, -0.1) is 5.10 Å². The zero-order valence-electron chi connectivity index (χ0n) is 13.1. The van der Waals surface area contributed by atoms with Gasteiger partial charge in [-0.1, -0.05) is 21.1 Å². The van der Waals surface area contributed by atoms with E-state index in [9.17, 15) is 26.7 Å². The number of amides is 1. The number of halogens is 6. The van der Waals surface area contributed by atoms with Crippen molar-refractivity contribution in [1.82, 2.24) is 15.0 Å². The number of nitrogens with zero attached hydrogens (tertiary/aromatic N) is 3. The molecule has 0 spiro atoms. The first-order chi connectivity index (χ1) is 12.7. The molecule has 0 atom stereocenters. The third-order valence-electron chi connectivity index (χ3n) is 3.40. The molecule has 0 fully saturated rings. The summed E-state index contributed by atoms with van der Waals surface area (Å²) in [6.45, 7) is 0. The second kappa shape index (κ2) is 7.06. The highest BCUT2D eigenvalue weighted by Crippen LogP contribution is 2.33. The molecule has 0 unspecified atom stereocenters. The fraction of sp³-hybridized carbons (Fsp3) is 0.0625. The number of hydrogen-bond donors (Lipinski definition) is 1. The molecule has 27 heavy (non-hydrogen) atoms. The maximum absolute atomic E-state index is 13.8. The topological polar surface area (TPSA) is 59.8 Å². The molecule has 1 aromatic heterocycles. The average Bonchev–Trinajstić information content (AvgIpc) is 3.03. The second-order valence-corrected chi connectivity index (χ2v) is 6.17. The summed E-state index contributed by atoms with van der Waals surface area (Å²) in [6, 6.07) is 7.59. The van der Waals surface area contributed by atoms with Crippen LogP contribution in [0.25, 0.3) is 5.69 Å². The fourth-order valence-corrected chi connectivity index (χ4v) is 2.56. The fourth-order valence-electron chi connectivity index (χ4n) is 2.22. The molecule has 0 aliphatic heterocycles. The Hall–Kier alpha value is -2.82. The van der Waals surface area contributed by atoms with Crippen molar-refractivity contribution in [2.24, 2.45) is 0 Å². The summed E-state index contributed by atoms with van der Waals surface area (Å²) >= 11 is 3.03. The van der Waals surface area contributed by atoms with Crippen LogP contribution in [0.15, 0.2) is 46.9 Å². The number of alkyl halides is 3. The van der Waals surface area contributed by atoms with Crippen molar-refractivity contribution in [3.8, 4) is 5.69 Å². The van der Waals surface area contributed by atoms with Gasteiger partial charge in [0, 0.05) is 4.47 Å². The lowest BCUT2D eigenvalue weighted by Gasteiger charge is -2.11. The van der Waals surface area contributed by atoms with E-state index in [1.807, 2.05) is 5.32 Å². The van der Waals surface area contributed by atoms with Crippen LogP contribution in [0.3, 0.4) is 0 Å². The first-order valence-corrected chi connectivity index (χ1v) is 8.01. The van der Waals surface area contributed by atoms with Crippen LogP contribution >= 0.6 is 15.9 Å². The molecule has 1 N–H and O–H groups in total. The minimum absolute atomic E-state index is 0.148. The Balaban J connectivity index is 2.02. The quantitative estimate of drug-likeness (QED) is 0.599. The van der Waals surface area contributed by atoms with E-state index in [2.05, 4.69) is 26.2 Å². The molecule has 0 radical (unpaired) electrons. The van der Waals surface area contributed by atoms with Crippen LogP contribution in [0.1, 0.15) is 16.2 Å². The maximum Gasteiger partial charge on any atom is 0.435 e. The van der Waals surface area contributed by atoms with E-state index in [0.29, 0.717) is 9.15 Å². The van der Waals surface area contributed by atoms with E-state index >= 15 is 0 Å². The van der Waals surface area contributed by atoms with Crippen LogP contribution in [0.2, 0.25) is 0 Å². The van der Waals surface area contributed by atoms with Crippen molar-refractivity contribution < 1.29 is 26.7 Å². The zero-order valence-corrected chi connectivity index (χ0v) is 14.6. The van der Waals surface area contributed by atoms with Crippen LogP contribution in [0.4, 0.5) is 27.6 Å². The lowest BCUT2D eigenvalue weighted by atomic mass is 10.2. The van der Waals surface area contributed by atoms with Gasteiger partial charge in [0.25, 0.3) is 5.91 Å². The minimum Gasteiger partial charge on any atom is -0.318 e. The lowest BCUT2D eigenvalue weighted by molar-refractivity contribution is -0.143. The monoisotopic (exact) mass is 446 g/mol. The van der Waals surface area contributed by atoms with Gasteiger partial charge in [-0.25, -0.2) is 13.5 Å². The van der Waals surface area contributed by atoms with Gasteiger partial charge >= 0.3 is 6.18 Å². The summed E-state index contributed by atoms with van der Waals surface area (Å²) < 4.78 is 68.1. The zero-order chi connectivity index (χ0) is 19.8. The largest absolute Gasteiger partial charge is 0.435 e. The predicted octanol–water partition coefficient (Wildman–Crippen LogP) is 4.58. The van der Waals surface area contributed by atoms with Gasteiger partial charge in [-0.3, -0.25) is 4.79 Å². The molecule has 0 aliphatic carbocycles. The predicted molar refractivity (Wildman–Crippen MR) is 88.4 cm³/mol. The number of hydrogen-bond acceptors (Lipinski definition) is 3. The maximum atomic E-state index is 13.8. The summed E-state index contributed by atoms with van der Waals surface area (Å²) in [5.41, 5.74) is -2.99. The van der Waals surface area contributed by atoms with Gasteiger partial charge in [0.05, 0.1) is 11.4 Å². The normalized spacial score (nSPS) is 11.5. The summed E-state index contributed by atoms with van der Waals surface area (Å²) in [5, 5.41) is 8.65. The van der Waals surface area contributed by atoms with Crippen molar-refractivity contribution in [3.63, 3.8) is 0 Å². The molecule has 0 saturated carbocycles. The summed E-state index contributed by atoms with van der Waals surface area (Å²) in [6.07, 6.45) is -5.00. The van der Waals surface area contributed by atoms with Crippen molar-refractivity contribution in [3.05, 3.63) is 70.0 Å². The Bertz CT molecular complexity index is 1000. The molecular weight excluding hydrogens is 439 g/mol. The van der Waals surface area contributed by atoms with Gasteiger partial charge in [0.2, 0.25) is 0 Å². The highest BCUT2D eigenvalue weighted by molar-refractivity contribution is 9.10. The van der Waals surface area contributed by atoms with Crippen molar-refractivity contribution >= 4 is 27.5 Å². The summed E-state index contributed by atoms with van der Waals surface area (Å²) in [7, 11) is 0. The molecule has 0 aliphatic rings. The molecule has 140 valence electrons. The standard InChI is InChI=1S/C16H8BrF5N4O/c17-8-1-6-12(11(19)7-8)23-15(27)13-14(16(20,21)22)26(25-24-13)10-4-2-9(18)3-5-10/h1-7H,(H,23,27). The van der Waals surface area contributed by atoms with E-state index in [-0.39, 0.29) is 11.4 Å². The van der Waals surface area contributed by atoms with Crippen molar-refractivity contribution in [2.45, 2.75) is 6.18 Å². The van der Waals surface area contributed by atoms with E-state index in [1.165, 1.54) is 12.1 Å². The Morgan fingerprint density at radius 1 is 1.07 bits per heavy atom. The number of nitrogens with one attached hydrogen (secondary N) is 1. The third-order valence-corrected chi connectivity index (χ3v) is 3.90. The number of anilines is 1. The van der Waals surface area contributed by atoms with E-state index in [4.69, 9.17) is 0 Å². The molecule has 0 bridgehead atoms. The van der Waals surface area contributed by atoms with Gasteiger partial charge in [-0.05, 0) is 42.5 Å². The van der Waals surface area contributed by atoms with Gasteiger partial charge < -0.3 is 5.32 Å². The smallest absolute Gasteiger partial charge is 0.318 e. The molecule has 0 saturated heterocycles. The summed E-state index contributed by atoms with van der Waals surface area (Å²) in [5.74, 6) is -2.80. The van der Waals surface area contributed by atoms with Crippen LogP contribution in [-0.2, 0) is 6.18 Å². The highest BCUT2D eigenvalue weighted by atomic mass is 79.9. The molecule has 1 heterocycles. The molecule has 5 nitrogen and oxygen atoms in total. The second-order valence-electron chi connectivity index (χ2n) is 5.25. The summed E-state index contributed by atoms with van der Waals surface area (Å²) in [4.78, 5) is 12.3. The Labute approximate surface area is 156 Å². The van der Waals surface area contributed by atoms with Crippen molar-refractivity contribution in [1.29, 1.82) is 0 Å². The first-order valence-electron chi connectivity index (χ1n) is 7.22. The first kappa shape index (κ1) is 19.0. The highest BCUT2D eigenvalue weighted by Gasteiger charge is 2.42. The molecular formula is C16H8BrF5N4O. The number of carbonyl (C=O) groups is 1. The molecule has 3 aromatic rings. The van der Waals surface area contributed by atoms with Crippen LogP contribution < -0.4 is 5.32 Å². The Morgan fingerprint density at radius 3 is 2.33 bits per heavy atom. The average molecular weight is 447 g/mol. The molecule has 3 rings (SSSR count). The molecule has 11 heteroatoms. The lowest BCUT2D eigenvalue weighted by Crippen LogP contribution is -2.21. The van der Waals surface area contributed by atoms with E-state index in [1.54, 1.807) is 0 Å².